The van der Waals surface area contributed by atoms with Gasteiger partial charge in [0.05, 0.1) is 0 Å². The lowest BCUT2D eigenvalue weighted by atomic mass is 10.1. The van der Waals surface area contributed by atoms with Gasteiger partial charge in [-0.15, -0.1) is 0 Å². The van der Waals surface area contributed by atoms with Crippen molar-refractivity contribution in [3.63, 3.8) is 0 Å². The van der Waals surface area contributed by atoms with Crippen molar-refractivity contribution in [2.75, 3.05) is 18.0 Å². The minimum Gasteiger partial charge on any atom is -0.326 e. The molecule has 1 aliphatic heterocycles. The van der Waals surface area contributed by atoms with Gasteiger partial charge in [0.15, 0.2) is 5.82 Å². The van der Waals surface area contributed by atoms with Crippen LogP contribution in [0.3, 0.4) is 0 Å². The molecule has 0 saturated carbocycles. The number of rotatable bonds is 1. The van der Waals surface area contributed by atoms with E-state index >= 15 is 0 Å². The average molecular weight is 182 g/mol. The number of aryl methyl sites for hydroxylation is 1. The summed E-state index contributed by atoms with van der Waals surface area (Å²) in [7, 11) is 0. The van der Waals surface area contributed by atoms with Gasteiger partial charge in [-0.25, -0.2) is 0 Å². The summed E-state index contributed by atoms with van der Waals surface area (Å²) in [4.78, 5) is 6.19. The molecule has 13 heavy (non-hydrogen) atoms. The summed E-state index contributed by atoms with van der Waals surface area (Å²) in [6.07, 6.45) is 0. The number of nitrogens with zero attached hydrogens (tertiary/aromatic N) is 3. The highest BCUT2D eigenvalue weighted by atomic mass is 16.5. The van der Waals surface area contributed by atoms with Gasteiger partial charge in [0, 0.05) is 19.1 Å². The third-order valence-corrected chi connectivity index (χ3v) is 2.46. The van der Waals surface area contributed by atoms with Gasteiger partial charge < -0.3 is 15.2 Å². The molecule has 0 radical (unpaired) electrons. The van der Waals surface area contributed by atoms with Crippen molar-refractivity contribution in [1.82, 2.24) is 10.1 Å². The standard InChI is InChI=1S/C8H14N4O/c1-5-3-12(4-7(5)9)8-10-6(2)11-13-8/h5,7H,3-4,9H2,1-2H3. The summed E-state index contributed by atoms with van der Waals surface area (Å²) in [5, 5.41) is 3.74. The molecule has 0 aromatic carbocycles. The van der Waals surface area contributed by atoms with Crippen LogP contribution in [0.1, 0.15) is 12.7 Å². The summed E-state index contributed by atoms with van der Waals surface area (Å²) in [6, 6.07) is 0.810. The molecule has 1 aliphatic rings. The van der Waals surface area contributed by atoms with Crippen LogP contribution in [0.4, 0.5) is 6.01 Å². The van der Waals surface area contributed by atoms with E-state index in [1.54, 1.807) is 0 Å². The molecular weight excluding hydrogens is 168 g/mol. The molecule has 2 atom stereocenters. The fourth-order valence-corrected chi connectivity index (χ4v) is 1.56. The van der Waals surface area contributed by atoms with Gasteiger partial charge in [-0.1, -0.05) is 12.1 Å². The van der Waals surface area contributed by atoms with E-state index in [0.717, 1.165) is 13.1 Å². The first kappa shape index (κ1) is 8.50. The second kappa shape index (κ2) is 2.99. The first-order valence-electron chi connectivity index (χ1n) is 4.47. The van der Waals surface area contributed by atoms with Gasteiger partial charge in [-0.2, -0.15) is 4.98 Å². The number of hydrogen-bond donors (Lipinski definition) is 1. The number of nitrogens with two attached hydrogens (primary N) is 1. The maximum Gasteiger partial charge on any atom is 0.324 e. The summed E-state index contributed by atoms with van der Waals surface area (Å²) in [6.45, 7) is 5.66. The van der Waals surface area contributed by atoms with Crippen LogP contribution in [0.15, 0.2) is 4.52 Å². The fourth-order valence-electron chi connectivity index (χ4n) is 1.56. The minimum atomic E-state index is 0.215. The zero-order chi connectivity index (χ0) is 9.42. The molecule has 1 aromatic rings. The van der Waals surface area contributed by atoms with E-state index in [-0.39, 0.29) is 6.04 Å². The van der Waals surface area contributed by atoms with Crippen molar-refractivity contribution < 1.29 is 4.52 Å². The summed E-state index contributed by atoms with van der Waals surface area (Å²) < 4.78 is 5.05. The Balaban J connectivity index is 2.11. The average Bonchev–Trinajstić information content (AvgIpc) is 2.61. The van der Waals surface area contributed by atoms with Crippen LogP contribution >= 0.6 is 0 Å². The van der Waals surface area contributed by atoms with Gasteiger partial charge >= 0.3 is 6.01 Å². The molecule has 0 bridgehead atoms. The number of hydrogen-bond acceptors (Lipinski definition) is 5. The quantitative estimate of drug-likeness (QED) is 0.670. The monoisotopic (exact) mass is 182 g/mol. The Morgan fingerprint density at radius 3 is 2.77 bits per heavy atom. The van der Waals surface area contributed by atoms with Gasteiger partial charge in [0.25, 0.3) is 0 Å². The van der Waals surface area contributed by atoms with Crippen molar-refractivity contribution in [2.45, 2.75) is 19.9 Å². The Morgan fingerprint density at radius 1 is 1.54 bits per heavy atom. The molecule has 2 rings (SSSR count). The Hall–Kier alpha value is -1.10. The van der Waals surface area contributed by atoms with Crippen molar-refractivity contribution in [1.29, 1.82) is 0 Å². The SMILES string of the molecule is Cc1noc(N2CC(C)C(N)C2)n1. The Labute approximate surface area is 76.9 Å². The van der Waals surface area contributed by atoms with Crippen molar-refractivity contribution >= 4 is 6.01 Å². The Morgan fingerprint density at radius 2 is 2.31 bits per heavy atom. The highest BCUT2D eigenvalue weighted by molar-refractivity contribution is 5.28. The summed E-state index contributed by atoms with van der Waals surface area (Å²) in [5.74, 6) is 1.16. The molecule has 0 spiro atoms. The predicted molar refractivity (Wildman–Crippen MR) is 48.4 cm³/mol. The zero-order valence-corrected chi connectivity index (χ0v) is 7.90. The lowest BCUT2D eigenvalue weighted by Crippen LogP contribution is -2.28. The maximum atomic E-state index is 5.88. The summed E-state index contributed by atoms with van der Waals surface area (Å²) >= 11 is 0. The molecule has 2 heterocycles. The van der Waals surface area contributed by atoms with Crippen molar-refractivity contribution in [3.8, 4) is 0 Å². The molecule has 1 fully saturated rings. The lowest BCUT2D eigenvalue weighted by molar-refractivity contribution is 0.412. The second-order valence-electron chi connectivity index (χ2n) is 3.67. The molecule has 5 nitrogen and oxygen atoms in total. The van der Waals surface area contributed by atoms with Crippen LogP contribution in [0.25, 0.3) is 0 Å². The molecule has 1 saturated heterocycles. The van der Waals surface area contributed by atoms with Crippen LogP contribution in [0.5, 0.6) is 0 Å². The molecule has 5 heteroatoms. The summed E-state index contributed by atoms with van der Waals surface area (Å²) in [5.41, 5.74) is 5.88. The van der Waals surface area contributed by atoms with E-state index in [1.165, 1.54) is 0 Å². The fraction of sp³-hybridized carbons (Fsp3) is 0.750. The highest BCUT2D eigenvalue weighted by Crippen LogP contribution is 2.20. The van der Waals surface area contributed by atoms with Crippen molar-refractivity contribution in [3.05, 3.63) is 5.82 Å². The number of anilines is 1. The van der Waals surface area contributed by atoms with E-state index in [9.17, 15) is 0 Å². The van der Waals surface area contributed by atoms with Crippen LogP contribution in [-0.2, 0) is 0 Å². The van der Waals surface area contributed by atoms with Crippen LogP contribution in [0.2, 0.25) is 0 Å². The van der Waals surface area contributed by atoms with Crippen LogP contribution < -0.4 is 10.6 Å². The number of aromatic nitrogens is 2. The molecule has 2 N–H and O–H groups in total. The Kier molecular flexibility index (Phi) is 1.95. The second-order valence-corrected chi connectivity index (χ2v) is 3.67. The molecule has 2 unspecified atom stereocenters. The van der Waals surface area contributed by atoms with Gasteiger partial charge in [0.2, 0.25) is 0 Å². The van der Waals surface area contributed by atoms with Gasteiger partial charge in [0.1, 0.15) is 0 Å². The van der Waals surface area contributed by atoms with Gasteiger partial charge in [-0.05, 0) is 12.8 Å². The van der Waals surface area contributed by atoms with E-state index in [1.807, 2.05) is 11.8 Å². The predicted octanol–water partition coefficient (Wildman–Crippen LogP) is 0.161. The normalized spacial score (nSPS) is 28.4. The first-order valence-corrected chi connectivity index (χ1v) is 4.47. The third kappa shape index (κ3) is 1.51. The third-order valence-electron chi connectivity index (χ3n) is 2.46. The Bertz CT molecular complexity index is 288. The van der Waals surface area contributed by atoms with E-state index in [0.29, 0.717) is 17.8 Å². The van der Waals surface area contributed by atoms with Gasteiger partial charge in [-0.3, -0.25) is 0 Å². The molecule has 72 valence electrons. The molecule has 1 aromatic heterocycles. The highest BCUT2D eigenvalue weighted by Gasteiger charge is 2.29. The largest absolute Gasteiger partial charge is 0.326 e. The van der Waals surface area contributed by atoms with Crippen molar-refractivity contribution in [2.24, 2.45) is 11.7 Å². The lowest BCUT2D eigenvalue weighted by Gasteiger charge is -2.10. The van der Waals surface area contributed by atoms with Crippen LogP contribution in [0, 0.1) is 12.8 Å². The van der Waals surface area contributed by atoms with E-state index < -0.39 is 0 Å². The maximum absolute atomic E-state index is 5.88. The minimum absolute atomic E-state index is 0.215. The zero-order valence-electron chi connectivity index (χ0n) is 7.90. The van der Waals surface area contributed by atoms with E-state index in [2.05, 4.69) is 17.1 Å². The topological polar surface area (TPSA) is 68.2 Å². The smallest absolute Gasteiger partial charge is 0.324 e. The van der Waals surface area contributed by atoms with Crippen LogP contribution in [-0.4, -0.2) is 29.3 Å². The van der Waals surface area contributed by atoms with E-state index in [4.69, 9.17) is 10.3 Å². The molecule has 0 aliphatic carbocycles. The molecular formula is C8H14N4O. The first-order chi connectivity index (χ1) is 6.16. The molecule has 0 amide bonds.